The van der Waals surface area contributed by atoms with Crippen molar-refractivity contribution in [2.75, 3.05) is 11.1 Å². The van der Waals surface area contributed by atoms with Gasteiger partial charge in [-0.05, 0) is 43.3 Å². The maximum atomic E-state index is 12.5. The fourth-order valence-corrected chi connectivity index (χ4v) is 4.24. The maximum Gasteiger partial charge on any atom is 0.234 e. The Morgan fingerprint density at radius 2 is 1.64 bits per heavy atom. The molecular weight excluding hydrogens is 479 g/mol. The molecule has 1 atom stereocenters. The van der Waals surface area contributed by atoms with Crippen molar-refractivity contribution >= 4 is 46.6 Å². The standard InChI is InChI=1S/C24H20Cl2N4O2S/c1-16(32-21-14-8-6-12-19(21)26)23-28-29-24(30(23)17-9-3-2-4-10-17)33-15-22(31)27-20-13-7-5-11-18(20)25/h2-14,16H,15H2,1H3,(H,27,31). The van der Waals surface area contributed by atoms with E-state index in [0.29, 0.717) is 32.5 Å². The van der Waals surface area contributed by atoms with Crippen LogP contribution in [0.15, 0.2) is 84.0 Å². The van der Waals surface area contributed by atoms with Crippen molar-refractivity contribution in [2.24, 2.45) is 0 Å². The first-order valence-electron chi connectivity index (χ1n) is 10.1. The second-order valence-corrected chi connectivity index (χ2v) is 8.78. The van der Waals surface area contributed by atoms with Gasteiger partial charge in [0.2, 0.25) is 5.91 Å². The van der Waals surface area contributed by atoms with Crippen molar-refractivity contribution in [1.29, 1.82) is 0 Å². The average molecular weight is 499 g/mol. The smallest absolute Gasteiger partial charge is 0.234 e. The van der Waals surface area contributed by atoms with Gasteiger partial charge in [0.05, 0.1) is 21.5 Å². The minimum Gasteiger partial charge on any atom is -0.481 e. The molecule has 33 heavy (non-hydrogen) atoms. The molecule has 9 heteroatoms. The van der Waals surface area contributed by atoms with Gasteiger partial charge in [-0.25, -0.2) is 0 Å². The number of thioether (sulfide) groups is 1. The maximum absolute atomic E-state index is 12.5. The summed E-state index contributed by atoms with van der Waals surface area (Å²) in [5.41, 5.74) is 1.43. The molecule has 0 aliphatic heterocycles. The molecule has 0 saturated heterocycles. The molecule has 1 heterocycles. The number of anilines is 1. The minimum atomic E-state index is -0.441. The summed E-state index contributed by atoms with van der Waals surface area (Å²) in [6.45, 7) is 1.88. The fourth-order valence-electron chi connectivity index (χ4n) is 3.12. The van der Waals surface area contributed by atoms with Gasteiger partial charge in [0.15, 0.2) is 17.1 Å². The molecule has 0 fully saturated rings. The number of ether oxygens (including phenoxy) is 1. The lowest BCUT2D eigenvalue weighted by Crippen LogP contribution is -2.15. The second-order valence-electron chi connectivity index (χ2n) is 7.02. The highest BCUT2D eigenvalue weighted by molar-refractivity contribution is 7.99. The van der Waals surface area contributed by atoms with Gasteiger partial charge < -0.3 is 10.1 Å². The van der Waals surface area contributed by atoms with Gasteiger partial charge in [0.25, 0.3) is 0 Å². The summed E-state index contributed by atoms with van der Waals surface area (Å²) >= 11 is 13.7. The molecule has 0 aliphatic carbocycles. The number of carbonyl (C=O) groups is 1. The van der Waals surface area contributed by atoms with E-state index >= 15 is 0 Å². The van der Waals surface area contributed by atoms with Crippen LogP contribution < -0.4 is 10.1 Å². The van der Waals surface area contributed by atoms with E-state index in [0.717, 1.165) is 5.69 Å². The quantitative estimate of drug-likeness (QED) is 0.283. The molecule has 4 aromatic rings. The molecule has 0 bridgehead atoms. The number of nitrogens with zero attached hydrogens (tertiary/aromatic N) is 3. The van der Waals surface area contributed by atoms with Gasteiger partial charge in [-0.3, -0.25) is 9.36 Å². The van der Waals surface area contributed by atoms with Crippen molar-refractivity contribution in [3.05, 3.63) is 94.7 Å². The van der Waals surface area contributed by atoms with E-state index in [1.807, 2.05) is 66.1 Å². The van der Waals surface area contributed by atoms with Crippen LogP contribution in [0.2, 0.25) is 10.0 Å². The number of benzene rings is 3. The molecule has 0 aliphatic rings. The molecular formula is C24H20Cl2N4O2S. The van der Waals surface area contributed by atoms with Gasteiger partial charge >= 0.3 is 0 Å². The van der Waals surface area contributed by atoms with Crippen molar-refractivity contribution in [3.63, 3.8) is 0 Å². The van der Waals surface area contributed by atoms with Crippen LogP contribution in [0.25, 0.3) is 5.69 Å². The number of nitrogens with one attached hydrogen (secondary N) is 1. The molecule has 3 aromatic carbocycles. The minimum absolute atomic E-state index is 0.135. The molecule has 1 amide bonds. The molecule has 1 N–H and O–H groups in total. The Balaban J connectivity index is 1.56. The zero-order chi connectivity index (χ0) is 23.2. The molecule has 4 rings (SSSR count). The fraction of sp³-hybridized carbons (Fsp3) is 0.125. The normalized spacial score (nSPS) is 11.7. The topological polar surface area (TPSA) is 69.0 Å². The highest BCUT2D eigenvalue weighted by atomic mass is 35.5. The van der Waals surface area contributed by atoms with E-state index < -0.39 is 6.10 Å². The highest BCUT2D eigenvalue weighted by Crippen LogP contribution is 2.31. The predicted molar refractivity (Wildman–Crippen MR) is 133 cm³/mol. The van der Waals surface area contributed by atoms with E-state index in [-0.39, 0.29) is 11.7 Å². The van der Waals surface area contributed by atoms with Gasteiger partial charge in [-0.1, -0.05) is 77.4 Å². The lowest BCUT2D eigenvalue weighted by Gasteiger charge is -2.17. The summed E-state index contributed by atoms with van der Waals surface area (Å²) < 4.78 is 7.95. The molecule has 0 spiro atoms. The first-order valence-corrected chi connectivity index (χ1v) is 11.9. The summed E-state index contributed by atoms with van der Waals surface area (Å²) in [4.78, 5) is 12.5. The highest BCUT2D eigenvalue weighted by Gasteiger charge is 2.22. The summed E-state index contributed by atoms with van der Waals surface area (Å²) in [5, 5.41) is 13.1. The molecule has 0 radical (unpaired) electrons. The number of amides is 1. The largest absolute Gasteiger partial charge is 0.481 e. The summed E-state index contributed by atoms with van der Waals surface area (Å²) in [6, 6.07) is 24.0. The Hall–Kier alpha value is -3.00. The molecule has 1 unspecified atom stereocenters. The van der Waals surface area contributed by atoms with Crippen LogP contribution in [0.5, 0.6) is 5.75 Å². The van der Waals surface area contributed by atoms with Crippen molar-refractivity contribution in [3.8, 4) is 11.4 Å². The van der Waals surface area contributed by atoms with Crippen LogP contribution in [0, 0.1) is 0 Å². The van der Waals surface area contributed by atoms with Gasteiger partial charge in [-0.2, -0.15) is 0 Å². The van der Waals surface area contributed by atoms with E-state index in [4.69, 9.17) is 27.9 Å². The summed E-state index contributed by atoms with van der Waals surface area (Å²) in [5.74, 6) is 1.09. The Labute approximate surface area is 205 Å². The van der Waals surface area contributed by atoms with Crippen molar-refractivity contribution in [1.82, 2.24) is 14.8 Å². The van der Waals surface area contributed by atoms with Gasteiger partial charge in [-0.15, -0.1) is 10.2 Å². The van der Waals surface area contributed by atoms with Crippen LogP contribution in [0.3, 0.4) is 0 Å². The lowest BCUT2D eigenvalue weighted by molar-refractivity contribution is -0.113. The second kappa shape index (κ2) is 10.7. The van der Waals surface area contributed by atoms with Gasteiger partial charge in [0.1, 0.15) is 5.75 Å². The molecule has 0 saturated carbocycles. The van der Waals surface area contributed by atoms with Crippen molar-refractivity contribution < 1.29 is 9.53 Å². The first-order chi connectivity index (χ1) is 16.0. The van der Waals surface area contributed by atoms with Crippen LogP contribution in [-0.2, 0) is 4.79 Å². The summed E-state index contributed by atoms with van der Waals surface area (Å²) in [6.07, 6.45) is -0.441. The first kappa shape index (κ1) is 23.2. The van der Waals surface area contributed by atoms with E-state index in [9.17, 15) is 4.79 Å². The molecule has 168 valence electrons. The molecule has 6 nitrogen and oxygen atoms in total. The Morgan fingerprint density at radius 3 is 2.36 bits per heavy atom. The SMILES string of the molecule is CC(Oc1ccccc1Cl)c1nnc(SCC(=O)Nc2ccccc2Cl)n1-c1ccccc1. The number of rotatable bonds is 8. The monoisotopic (exact) mass is 498 g/mol. The van der Waals surface area contributed by atoms with Gasteiger partial charge in [0, 0.05) is 5.69 Å². The Kier molecular flexibility index (Phi) is 7.54. The number of hydrogen-bond acceptors (Lipinski definition) is 5. The lowest BCUT2D eigenvalue weighted by atomic mass is 10.3. The number of aromatic nitrogens is 3. The van der Waals surface area contributed by atoms with E-state index in [1.54, 1.807) is 24.3 Å². The number of para-hydroxylation sites is 3. The number of halogens is 2. The van der Waals surface area contributed by atoms with Crippen molar-refractivity contribution in [2.45, 2.75) is 18.2 Å². The van der Waals surface area contributed by atoms with E-state index in [1.165, 1.54) is 11.8 Å². The van der Waals surface area contributed by atoms with Crippen LogP contribution in [0.1, 0.15) is 18.9 Å². The van der Waals surface area contributed by atoms with E-state index in [2.05, 4.69) is 15.5 Å². The zero-order valence-corrected chi connectivity index (χ0v) is 19.9. The Morgan fingerprint density at radius 1 is 0.970 bits per heavy atom. The molecule has 1 aromatic heterocycles. The third-order valence-electron chi connectivity index (χ3n) is 4.66. The number of carbonyl (C=O) groups excluding carboxylic acids is 1. The third kappa shape index (κ3) is 5.68. The summed E-state index contributed by atoms with van der Waals surface area (Å²) in [7, 11) is 0. The third-order valence-corrected chi connectivity index (χ3v) is 6.23. The average Bonchev–Trinajstić information content (AvgIpc) is 3.25. The predicted octanol–water partition coefficient (Wildman–Crippen LogP) is 6.44. The zero-order valence-electron chi connectivity index (χ0n) is 17.6. The van der Waals surface area contributed by atoms with Crippen LogP contribution in [-0.4, -0.2) is 26.4 Å². The number of hydrogen-bond donors (Lipinski definition) is 1. The van der Waals surface area contributed by atoms with Crippen LogP contribution >= 0.6 is 35.0 Å². The van der Waals surface area contributed by atoms with Crippen LogP contribution in [0.4, 0.5) is 5.69 Å². The Bertz CT molecular complexity index is 1250.